The molecule has 0 atom stereocenters. The van der Waals surface area contributed by atoms with Crippen LogP contribution in [0.1, 0.15) is 0 Å². The molecule has 4 aromatic carbocycles. The maximum atomic E-state index is 2.41. The molecule has 0 aliphatic carbocycles. The molecule has 0 amide bonds. The van der Waals surface area contributed by atoms with Gasteiger partial charge in [0.15, 0.2) is 0 Å². The van der Waals surface area contributed by atoms with Crippen molar-refractivity contribution in [3.8, 4) is 33.4 Å². The molecule has 0 bridgehead atoms. The Morgan fingerprint density at radius 1 is 0.233 bits per heavy atom. The van der Waals surface area contributed by atoms with Crippen molar-refractivity contribution in [1.29, 1.82) is 0 Å². The molecular formula is C24H12I6. The van der Waals surface area contributed by atoms with Crippen molar-refractivity contribution in [3.63, 3.8) is 0 Å². The molecule has 0 aliphatic heterocycles. The fourth-order valence-electron chi connectivity index (χ4n) is 3.29. The first-order chi connectivity index (χ1) is 14.3. The summed E-state index contributed by atoms with van der Waals surface area (Å²) in [5.41, 5.74) is 7.53. The SMILES string of the molecule is Ic1cc(I)cc(-c2cc(-c3cc(I)cc(I)c3)cc(-c3cc(I)cc(I)c3)c2)c1. The van der Waals surface area contributed by atoms with Gasteiger partial charge in [0.25, 0.3) is 0 Å². The van der Waals surface area contributed by atoms with Crippen LogP contribution in [0.15, 0.2) is 72.8 Å². The van der Waals surface area contributed by atoms with Crippen LogP contribution >= 0.6 is 136 Å². The largest absolute Gasteiger partial charge is 0.0465 e. The van der Waals surface area contributed by atoms with Crippen molar-refractivity contribution in [2.24, 2.45) is 0 Å². The minimum Gasteiger partial charge on any atom is -0.0465 e. The van der Waals surface area contributed by atoms with E-state index in [9.17, 15) is 0 Å². The molecule has 30 heavy (non-hydrogen) atoms. The highest BCUT2D eigenvalue weighted by atomic mass is 127. The van der Waals surface area contributed by atoms with Crippen LogP contribution in [-0.4, -0.2) is 0 Å². The monoisotopic (exact) mass is 1060 g/mol. The van der Waals surface area contributed by atoms with E-state index in [-0.39, 0.29) is 0 Å². The van der Waals surface area contributed by atoms with Gasteiger partial charge in [-0.1, -0.05) is 0 Å². The lowest BCUT2D eigenvalue weighted by Gasteiger charge is -2.13. The van der Waals surface area contributed by atoms with Gasteiger partial charge in [-0.05, 0) is 242 Å². The predicted molar refractivity (Wildman–Crippen MR) is 179 cm³/mol. The molecule has 150 valence electrons. The zero-order chi connectivity index (χ0) is 21.4. The quantitative estimate of drug-likeness (QED) is 0.180. The molecule has 6 heteroatoms. The van der Waals surface area contributed by atoms with Crippen LogP contribution < -0.4 is 0 Å². The van der Waals surface area contributed by atoms with Gasteiger partial charge in [-0.15, -0.1) is 0 Å². The van der Waals surface area contributed by atoms with Crippen molar-refractivity contribution in [2.75, 3.05) is 0 Å². The van der Waals surface area contributed by atoms with Gasteiger partial charge in [-0.25, -0.2) is 0 Å². The van der Waals surface area contributed by atoms with Crippen molar-refractivity contribution in [1.82, 2.24) is 0 Å². The Balaban J connectivity index is 1.98. The molecule has 0 aromatic heterocycles. The van der Waals surface area contributed by atoms with Gasteiger partial charge < -0.3 is 0 Å². The smallest absolute Gasteiger partial charge is 0.0147 e. The van der Waals surface area contributed by atoms with E-state index in [2.05, 4.69) is 208 Å². The number of halogens is 6. The Morgan fingerprint density at radius 2 is 0.400 bits per heavy atom. The van der Waals surface area contributed by atoms with Gasteiger partial charge in [0.1, 0.15) is 0 Å². The Morgan fingerprint density at radius 3 is 0.600 bits per heavy atom. The lowest BCUT2D eigenvalue weighted by atomic mass is 9.93. The van der Waals surface area contributed by atoms with Crippen LogP contribution in [0.2, 0.25) is 0 Å². The second-order valence-corrected chi connectivity index (χ2v) is 14.2. The predicted octanol–water partition coefficient (Wildman–Crippen LogP) is 10.3. The summed E-state index contributed by atoms with van der Waals surface area (Å²) in [6, 6.07) is 27.2. The van der Waals surface area contributed by atoms with E-state index in [1.165, 1.54) is 54.8 Å². The summed E-state index contributed by atoms with van der Waals surface area (Å²) in [5.74, 6) is 0. The van der Waals surface area contributed by atoms with Crippen LogP contribution in [0.3, 0.4) is 0 Å². The number of hydrogen-bond donors (Lipinski definition) is 0. The van der Waals surface area contributed by atoms with Crippen LogP contribution in [0.25, 0.3) is 33.4 Å². The maximum Gasteiger partial charge on any atom is 0.0147 e. The third-order valence-electron chi connectivity index (χ3n) is 4.52. The lowest BCUT2D eigenvalue weighted by molar-refractivity contribution is 1.51. The van der Waals surface area contributed by atoms with Crippen molar-refractivity contribution >= 4 is 136 Å². The van der Waals surface area contributed by atoms with E-state index in [1.54, 1.807) is 0 Å². The second-order valence-electron chi connectivity index (χ2n) is 6.77. The molecule has 4 rings (SSSR count). The number of hydrogen-bond acceptors (Lipinski definition) is 0. The normalized spacial score (nSPS) is 11.0. The molecular weight excluding hydrogens is 1050 g/mol. The van der Waals surface area contributed by atoms with Gasteiger partial charge in [-0.3, -0.25) is 0 Å². The standard InChI is InChI=1S/C24H12I6/c25-19-4-16(5-20(26)10-19)13-1-14(17-6-21(27)11-22(28)7-17)3-15(2-13)18-8-23(29)12-24(30)9-18/h1-12H. The summed E-state index contributed by atoms with van der Waals surface area (Å²) in [5, 5.41) is 0. The van der Waals surface area contributed by atoms with Crippen molar-refractivity contribution in [3.05, 3.63) is 94.2 Å². The molecule has 0 radical (unpaired) electrons. The molecule has 0 heterocycles. The third-order valence-corrected chi connectivity index (χ3v) is 8.26. The molecule has 4 aromatic rings. The average Bonchev–Trinajstić information content (AvgIpc) is 2.65. The topological polar surface area (TPSA) is 0 Å². The summed E-state index contributed by atoms with van der Waals surface area (Å²) in [7, 11) is 0. The Bertz CT molecular complexity index is 1030. The zero-order valence-corrected chi connectivity index (χ0v) is 28.1. The van der Waals surface area contributed by atoms with E-state index in [0.29, 0.717) is 0 Å². The first-order valence-corrected chi connectivity index (χ1v) is 15.3. The summed E-state index contributed by atoms with van der Waals surface area (Å²) >= 11 is 14.4. The maximum absolute atomic E-state index is 2.41. The fourth-order valence-corrected chi connectivity index (χ4v) is 9.10. The van der Waals surface area contributed by atoms with Gasteiger partial charge in [-0.2, -0.15) is 0 Å². The molecule has 0 N–H and O–H groups in total. The first kappa shape index (κ1) is 24.4. The van der Waals surface area contributed by atoms with Crippen LogP contribution in [0.4, 0.5) is 0 Å². The highest BCUT2D eigenvalue weighted by Crippen LogP contribution is 2.36. The highest BCUT2D eigenvalue weighted by Gasteiger charge is 2.11. The van der Waals surface area contributed by atoms with E-state index >= 15 is 0 Å². The van der Waals surface area contributed by atoms with E-state index in [0.717, 1.165) is 0 Å². The Labute approximate surface area is 258 Å². The van der Waals surface area contributed by atoms with E-state index in [1.807, 2.05) is 0 Å². The molecule has 0 fully saturated rings. The van der Waals surface area contributed by atoms with Gasteiger partial charge in [0, 0.05) is 21.4 Å². The molecule has 0 unspecified atom stereocenters. The Hall–Kier alpha value is 1.26. The summed E-state index contributed by atoms with van der Waals surface area (Å²) < 4.78 is 7.55. The van der Waals surface area contributed by atoms with Crippen LogP contribution in [-0.2, 0) is 0 Å². The highest BCUT2D eigenvalue weighted by molar-refractivity contribution is 14.1. The van der Waals surface area contributed by atoms with Crippen molar-refractivity contribution < 1.29 is 0 Å². The third kappa shape index (κ3) is 6.23. The van der Waals surface area contributed by atoms with Gasteiger partial charge >= 0.3 is 0 Å². The molecule has 0 saturated carbocycles. The lowest BCUT2D eigenvalue weighted by Crippen LogP contribution is -1.90. The molecule has 0 saturated heterocycles. The first-order valence-electron chi connectivity index (χ1n) is 8.81. The zero-order valence-electron chi connectivity index (χ0n) is 15.2. The average molecular weight is 1060 g/mol. The van der Waals surface area contributed by atoms with Crippen molar-refractivity contribution in [2.45, 2.75) is 0 Å². The van der Waals surface area contributed by atoms with Gasteiger partial charge in [0.2, 0.25) is 0 Å². The minimum absolute atomic E-state index is 1.25. The van der Waals surface area contributed by atoms with Gasteiger partial charge in [0.05, 0.1) is 0 Å². The summed E-state index contributed by atoms with van der Waals surface area (Å²) in [6.07, 6.45) is 0. The molecule has 0 spiro atoms. The molecule has 0 aliphatic rings. The Kier molecular flexibility index (Phi) is 8.68. The minimum atomic E-state index is 1.25. The summed E-state index contributed by atoms with van der Waals surface area (Å²) in [4.78, 5) is 0. The van der Waals surface area contributed by atoms with E-state index in [4.69, 9.17) is 0 Å². The number of benzene rings is 4. The van der Waals surface area contributed by atoms with E-state index < -0.39 is 0 Å². The second kappa shape index (κ2) is 10.7. The summed E-state index contributed by atoms with van der Waals surface area (Å²) in [6.45, 7) is 0. The fraction of sp³-hybridized carbons (Fsp3) is 0. The number of rotatable bonds is 3. The van der Waals surface area contributed by atoms with Crippen LogP contribution in [0.5, 0.6) is 0 Å². The molecule has 0 nitrogen and oxygen atoms in total. The van der Waals surface area contributed by atoms with Crippen LogP contribution in [0, 0.1) is 21.4 Å².